The lowest BCUT2D eigenvalue weighted by Crippen LogP contribution is -2.47. The molecule has 4 N–H and O–H groups in total. The standard InChI is InChI=1S/C19H31N5O3S.HI/c1-3-21-19(24-12-4-5-16(14-24)13-18(20)25)22-10-11-23-28(26,27)17-8-6-15(2)7-9-17;/h6-9,16,23H,3-5,10-14H2,1-2H3,(H2,20,25)(H,21,22);1H. The molecule has 1 aliphatic heterocycles. The number of carbonyl (C=O) groups is 1. The first kappa shape index (κ1) is 25.6. The van der Waals surface area contributed by atoms with Gasteiger partial charge in [-0.1, -0.05) is 17.7 Å². The maximum Gasteiger partial charge on any atom is 0.240 e. The highest BCUT2D eigenvalue weighted by Gasteiger charge is 2.23. The lowest BCUT2D eigenvalue weighted by Gasteiger charge is -2.34. The van der Waals surface area contributed by atoms with Gasteiger partial charge in [0.05, 0.1) is 11.4 Å². The summed E-state index contributed by atoms with van der Waals surface area (Å²) >= 11 is 0. The smallest absolute Gasteiger partial charge is 0.240 e. The summed E-state index contributed by atoms with van der Waals surface area (Å²) in [4.78, 5) is 18.1. The minimum atomic E-state index is -3.54. The summed E-state index contributed by atoms with van der Waals surface area (Å²) in [5.41, 5.74) is 6.34. The maximum absolute atomic E-state index is 12.3. The van der Waals surface area contributed by atoms with Gasteiger partial charge < -0.3 is 16.0 Å². The van der Waals surface area contributed by atoms with E-state index in [-0.39, 0.29) is 47.2 Å². The Hall–Kier alpha value is -1.40. The van der Waals surface area contributed by atoms with Crippen molar-refractivity contribution in [1.29, 1.82) is 0 Å². The molecule has 1 unspecified atom stereocenters. The van der Waals surface area contributed by atoms with Crippen molar-refractivity contribution in [2.75, 3.05) is 32.7 Å². The van der Waals surface area contributed by atoms with E-state index >= 15 is 0 Å². The molecule has 0 aliphatic carbocycles. The van der Waals surface area contributed by atoms with Crippen LogP contribution in [-0.2, 0) is 14.8 Å². The van der Waals surface area contributed by atoms with Gasteiger partial charge in [-0.3, -0.25) is 9.79 Å². The minimum absolute atomic E-state index is 0. The number of aliphatic imine (C=N–C) groups is 1. The molecule has 1 aromatic rings. The summed E-state index contributed by atoms with van der Waals surface area (Å²) in [6.45, 7) is 6.73. The average Bonchev–Trinajstić information content (AvgIpc) is 2.64. The summed E-state index contributed by atoms with van der Waals surface area (Å²) < 4.78 is 27.3. The molecular weight excluding hydrogens is 505 g/mol. The second kappa shape index (κ2) is 12.3. The predicted molar refractivity (Wildman–Crippen MR) is 126 cm³/mol. The van der Waals surface area contributed by atoms with Gasteiger partial charge in [0.15, 0.2) is 5.96 Å². The van der Waals surface area contributed by atoms with Crippen LogP contribution in [0.1, 0.15) is 31.7 Å². The zero-order valence-electron chi connectivity index (χ0n) is 17.1. The zero-order chi connectivity index (χ0) is 20.6. The van der Waals surface area contributed by atoms with E-state index < -0.39 is 10.0 Å². The van der Waals surface area contributed by atoms with Gasteiger partial charge in [-0.05, 0) is 44.7 Å². The Balaban J connectivity index is 0.00000420. The van der Waals surface area contributed by atoms with Crippen molar-refractivity contribution in [2.45, 2.75) is 38.0 Å². The number of guanidine groups is 1. The van der Waals surface area contributed by atoms with Gasteiger partial charge in [-0.25, -0.2) is 13.1 Å². The number of aryl methyl sites for hydroxylation is 1. The number of amides is 1. The number of rotatable bonds is 8. The van der Waals surface area contributed by atoms with E-state index in [0.29, 0.717) is 19.5 Å². The molecule has 8 nitrogen and oxygen atoms in total. The SMILES string of the molecule is CCNC(=NCCNS(=O)(=O)c1ccc(C)cc1)N1CCCC(CC(N)=O)C1.I. The first-order chi connectivity index (χ1) is 13.3. The lowest BCUT2D eigenvalue weighted by molar-refractivity contribution is -0.119. The molecule has 0 saturated carbocycles. The molecule has 1 aromatic carbocycles. The fraction of sp³-hybridized carbons (Fsp3) is 0.579. The number of nitrogens with two attached hydrogens (primary N) is 1. The quantitative estimate of drug-likeness (QED) is 0.201. The molecule has 0 spiro atoms. The number of nitrogens with one attached hydrogen (secondary N) is 2. The van der Waals surface area contributed by atoms with Crippen LogP contribution in [0.5, 0.6) is 0 Å². The molecule has 1 aliphatic rings. The average molecular weight is 537 g/mol. The van der Waals surface area contributed by atoms with Crippen LogP contribution < -0.4 is 15.8 Å². The van der Waals surface area contributed by atoms with Crippen LogP contribution in [0.2, 0.25) is 0 Å². The molecule has 1 amide bonds. The first-order valence-electron chi connectivity index (χ1n) is 9.69. The first-order valence-corrected chi connectivity index (χ1v) is 11.2. The molecule has 1 saturated heterocycles. The highest BCUT2D eigenvalue weighted by Crippen LogP contribution is 2.19. The Morgan fingerprint density at radius 1 is 1.31 bits per heavy atom. The third-order valence-electron chi connectivity index (χ3n) is 4.64. The number of carbonyl (C=O) groups excluding carboxylic acids is 1. The minimum Gasteiger partial charge on any atom is -0.370 e. The lowest BCUT2D eigenvalue weighted by atomic mass is 9.95. The van der Waals surface area contributed by atoms with Crippen molar-refractivity contribution >= 4 is 45.9 Å². The van der Waals surface area contributed by atoms with Crippen molar-refractivity contribution < 1.29 is 13.2 Å². The van der Waals surface area contributed by atoms with E-state index in [1.165, 1.54) is 0 Å². The van der Waals surface area contributed by atoms with Gasteiger partial charge in [0.2, 0.25) is 15.9 Å². The van der Waals surface area contributed by atoms with Crippen LogP contribution >= 0.6 is 24.0 Å². The second-order valence-corrected chi connectivity index (χ2v) is 8.84. The van der Waals surface area contributed by atoms with E-state index in [2.05, 4.69) is 19.9 Å². The van der Waals surface area contributed by atoms with Gasteiger partial charge in [0.1, 0.15) is 0 Å². The van der Waals surface area contributed by atoms with Crippen molar-refractivity contribution in [1.82, 2.24) is 14.9 Å². The molecule has 2 rings (SSSR count). The highest BCUT2D eigenvalue weighted by atomic mass is 127. The normalized spacial score (nSPS) is 17.5. The summed E-state index contributed by atoms with van der Waals surface area (Å²) in [6.07, 6.45) is 2.34. The Labute approximate surface area is 190 Å². The fourth-order valence-corrected chi connectivity index (χ4v) is 4.30. The number of hydrogen-bond donors (Lipinski definition) is 3. The van der Waals surface area contributed by atoms with E-state index in [1.807, 2.05) is 13.8 Å². The van der Waals surface area contributed by atoms with Crippen molar-refractivity contribution in [3.8, 4) is 0 Å². The second-order valence-electron chi connectivity index (χ2n) is 7.07. The Bertz CT molecular complexity index is 784. The van der Waals surface area contributed by atoms with Crippen LogP contribution in [-0.4, -0.2) is 57.9 Å². The van der Waals surface area contributed by atoms with Crippen molar-refractivity contribution in [2.24, 2.45) is 16.6 Å². The van der Waals surface area contributed by atoms with Gasteiger partial charge in [-0.15, -0.1) is 24.0 Å². The number of primary amides is 1. The maximum atomic E-state index is 12.3. The van der Waals surface area contributed by atoms with Crippen molar-refractivity contribution in [3.63, 3.8) is 0 Å². The van der Waals surface area contributed by atoms with E-state index in [0.717, 1.165) is 37.5 Å². The Morgan fingerprint density at radius 2 is 2.00 bits per heavy atom. The van der Waals surface area contributed by atoms with E-state index in [4.69, 9.17) is 5.73 Å². The summed E-state index contributed by atoms with van der Waals surface area (Å²) in [5, 5.41) is 3.24. The van der Waals surface area contributed by atoms with Crippen LogP contribution in [0, 0.1) is 12.8 Å². The van der Waals surface area contributed by atoms with E-state index in [1.54, 1.807) is 24.3 Å². The number of sulfonamides is 1. The largest absolute Gasteiger partial charge is 0.370 e. The molecule has 1 fully saturated rings. The number of hydrogen-bond acceptors (Lipinski definition) is 4. The Kier molecular flexibility index (Phi) is 10.9. The van der Waals surface area contributed by atoms with E-state index in [9.17, 15) is 13.2 Å². The number of likely N-dealkylation sites (tertiary alicyclic amines) is 1. The number of halogens is 1. The molecule has 164 valence electrons. The zero-order valence-corrected chi connectivity index (χ0v) is 20.2. The van der Waals surface area contributed by atoms with Gasteiger partial charge in [0.25, 0.3) is 0 Å². The molecule has 0 radical (unpaired) electrons. The highest BCUT2D eigenvalue weighted by molar-refractivity contribution is 14.0. The molecular formula is C19H32IN5O3S. The number of piperidine rings is 1. The van der Waals surface area contributed by atoms with Crippen LogP contribution in [0.3, 0.4) is 0 Å². The molecule has 1 heterocycles. The molecule has 10 heteroatoms. The molecule has 29 heavy (non-hydrogen) atoms. The monoisotopic (exact) mass is 537 g/mol. The van der Waals surface area contributed by atoms with Gasteiger partial charge >= 0.3 is 0 Å². The number of benzene rings is 1. The van der Waals surface area contributed by atoms with Gasteiger partial charge in [0, 0.05) is 32.6 Å². The topological polar surface area (TPSA) is 117 Å². The molecule has 1 atom stereocenters. The third-order valence-corrected chi connectivity index (χ3v) is 6.12. The summed E-state index contributed by atoms with van der Waals surface area (Å²) in [5.74, 6) is 0.695. The fourth-order valence-electron chi connectivity index (χ4n) is 3.28. The summed E-state index contributed by atoms with van der Waals surface area (Å²) in [7, 11) is -3.54. The van der Waals surface area contributed by atoms with Crippen molar-refractivity contribution in [3.05, 3.63) is 29.8 Å². The third kappa shape index (κ3) is 8.47. The van der Waals surface area contributed by atoms with Crippen LogP contribution in [0.25, 0.3) is 0 Å². The van der Waals surface area contributed by atoms with Crippen LogP contribution in [0.15, 0.2) is 34.2 Å². The molecule has 0 aromatic heterocycles. The van der Waals surface area contributed by atoms with Gasteiger partial charge in [-0.2, -0.15) is 0 Å². The predicted octanol–water partition coefficient (Wildman–Crippen LogP) is 1.44. The Morgan fingerprint density at radius 3 is 2.62 bits per heavy atom. The summed E-state index contributed by atoms with van der Waals surface area (Å²) in [6, 6.07) is 6.74. The number of nitrogens with zero attached hydrogens (tertiary/aromatic N) is 2. The molecule has 0 bridgehead atoms. The van der Waals surface area contributed by atoms with Crippen LogP contribution in [0.4, 0.5) is 0 Å².